The molecule has 0 radical (unpaired) electrons. The summed E-state index contributed by atoms with van der Waals surface area (Å²) in [5.41, 5.74) is 0. The number of amides is 2. The first kappa shape index (κ1) is 18.7. The predicted octanol–water partition coefficient (Wildman–Crippen LogP) is -0.355. The number of ether oxygens (including phenoxy) is 2. The Morgan fingerprint density at radius 1 is 1.14 bits per heavy atom. The van der Waals surface area contributed by atoms with Gasteiger partial charge in [0.05, 0.1) is 20.1 Å². The van der Waals surface area contributed by atoms with E-state index in [1.54, 1.807) is 6.92 Å². The van der Waals surface area contributed by atoms with Gasteiger partial charge < -0.3 is 25.2 Å². The van der Waals surface area contributed by atoms with Crippen molar-refractivity contribution in [2.24, 2.45) is 0 Å². The maximum absolute atomic E-state index is 11.5. The standard InChI is InChI=1S/C12H20N2O7/c1-3-21-10(16)6-7-13-12(19)14-8(11(17)18)4-5-9(15)20-2/h8H,3-7H2,1-2H3,(H,17,18)(H2,13,14,19)/t8-/m1/s1. The molecule has 0 aliphatic rings. The molecule has 3 N–H and O–H groups in total. The van der Waals surface area contributed by atoms with Gasteiger partial charge in [0, 0.05) is 13.0 Å². The monoisotopic (exact) mass is 304 g/mol. The first-order valence-electron chi connectivity index (χ1n) is 6.40. The summed E-state index contributed by atoms with van der Waals surface area (Å²) in [6.07, 6.45) is -0.231. The molecular formula is C12H20N2O7. The largest absolute Gasteiger partial charge is 0.480 e. The topological polar surface area (TPSA) is 131 Å². The fraction of sp³-hybridized carbons (Fsp3) is 0.667. The van der Waals surface area contributed by atoms with Crippen LogP contribution in [0.25, 0.3) is 0 Å². The number of carboxylic acid groups (broad SMARTS) is 1. The van der Waals surface area contributed by atoms with Gasteiger partial charge in [-0.2, -0.15) is 0 Å². The van der Waals surface area contributed by atoms with E-state index >= 15 is 0 Å². The van der Waals surface area contributed by atoms with E-state index in [0.717, 1.165) is 0 Å². The van der Waals surface area contributed by atoms with Crippen LogP contribution in [0, 0.1) is 0 Å². The fourth-order valence-electron chi connectivity index (χ4n) is 1.34. The molecule has 2 amide bonds. The highest BCUT2D eigenvalue weighted by molar-refractivity contribution is 5.83. The summed E-state index contributed by atoms with van der Waals surface area (Å²) in [7, 11) is 1.19. The average Bonchev–Trinajstić information content (AvgIpc) is 2.42. The van der Waals surface area contributed by atoms with E-state index in [1.165, 1.54) is 7.11 Å². The first-order chi connectivity index (χ1) is 9.90. The van der Waals surface area contributed by atoms with E-state index in [-0.39, 0.29) is 32.4 Å². The summed E-state index contributed by atoms with van der Waals surface area (Å²) in [6, 6.07) is -1.96. The predicted molar refractivity (Wildman–Crippen MR) is 70.5 cm³/mol. The number of aliphatic carboxylic acids is 1. The van der Waals surface area contributed by atoms with Gasteiger partial charge in [0.1, 0.15) is 6.04 Å². The summed E-state index contributed by atoms with van der Waals surface area (Å²) in [4.78, 5) is 44.4. The smallest absolute Gasteiger partial charge is 0.326 e. The second-order valence-corrected chi connectivity index (χ2v) is 3.96. The molecule has 1 atom stereocenters. The number of hydrogen-bond donors (Lipinski definition) is 3. The zero-order valence-corrected chi connectivity index (χ0v) is 12.0. The Bertz CT molecular complexity index is 384. The molecule has 9 nitrogen and oxygen atoms in total. The molecule has 0 bridgehead atoms. The summed E-state index contributed by atoms with van der Waals surface area (Å²) in [5, 5.41) is 13.4. The molecule has 0 saturated heterocycles. The van der Waals surface area contributed by atoms with Crippen molar-refractivity contribution in [1.82, 2.24) is 10.6 Å². The molecule has 0 unspecified atom stereocenters. The van der Waals surface area contributed by atoms with Crippen LogP contribution >= 0.6 is 0 Å². The number of carbonyl (C=O) groups excluding carboxylic acids is 3. The molecule has 120 valence electrons. The van der Waals surface area contributed by atoms with Crippen molar-refractivity contribution in [3.63, 3.8) is 0 Å². The van der Waals surface area contributed by atoms with Gasteiger partial charge in [-0.05, 0) is 13.3 Å². The molecule has 0 fully saturated rings. The lowest BCUT2D eigenvalue weighted by atomic mass is 10.1. The number of carboxylic acids is 1. The van der Waals surface area contributed by atoms with Crippen LogP contribution in [0.2, 0.25) is 0 Å². The van der Waals surface area contributed by atoms with Crippen LogP contribution in [0.5, 0.6) is 0 Å². The minimum absolute atomic E-state index is 0.0127. The average molecular weight is 304 g/mol. The van der Waals surface area contributed by atoms with Crippen LogP contribution in [0.4, 0.5) is 4.79 Å². The summed E-state index contributed by atoms with van der Waals surface area (Å²) < 4.78 is 9.05. The lowest BCUT2D eigenvalue weighted by Crippen LogP contribution is -2.46. The van der Waals surface area contributed by atoms with E-state index in [1.807, 2.05) is 0 Å². The second-order valence-electron chi connectivity index (χ2n) is 3.96. The van der Waals surface area contributed by atoms with Gasteiger partial charge >= 0.3 is 23.9 Å². The third-order valence-electron chi connectivity index (χ3n) is 2.39. The van der Waals surface area contributed by atoms with E-state index < -0.39 is 30.0 Å². The molecular weight excluding hydrogens is 284 g/mol. The number of urea groups is 1. The van der Waals surface area contributed by atoms with Crippen molar-refractivity contribution >= 4 is 23.9 Å². The summed E-state index contributed by atoms with van der Waals surface area (Å²) in [5.74, 6) is -2.29. The van der Waals surface area contributed by atoms with Gasteiger partial charge in [0.15, 0.2) is 0 Å². The zero-order valence-electron chi connectivity index (χ0n) is 12.0. The highest BCUT2D eigenvalue weighted by Crippen LogP contribution is 1.99. The van der Waals surface area contributed by atoms with Crippen molar-refractivity contribution in [1.29, 1.82) is 0 Å². The number of methoxy groups -OCH3 is 1. The highest BCUT2D eigenvalue weighted by atomic mass is 16.5. The maximum atomic E-state index is 11.5. The van der Waals surface area contributed by atoms with Gasteiger partial charge in [-0.25, -0.2) is 9.59 Å². The van der Waals surface area contributed by atoms with Crippen molar-refractivity contribution in [2.45, 2.75) is 32.2 Å². The summed E-state index contributed by atoms with van der Waals surface area (Å²) >= 11 is 0. The zero-order chi connectivity index (χ0) is 16.3. The van der Waals surface area contributed by atoms with E-state index in [0.29, 0.717) is 0 Å². The molecule has 0 aromatic heterocycles. The normalized spacial score (nSPS) is 11.1. The third-order valence-corrected chi connectivity index (χ3v) is 2.39. The van der Waals surface area contributed by atoms with Crippen molar-refractivity contribution in [3.05, 3.63) is 0 Å². The Morgan fingerprint density at radius 3 is 2.33 bits per heavy atom. The maximum Gasteiger partial charge on any atom is 0.326 e. The van der Waals surface area contributed by atoms with Crippen LogP contribution in [0.1, 0.15) is 26.2 Å². The quantitative estimate of drug-likeness (QED) is 0.496. The van der Waals surface area contributed by atoms with Gasteiger partial charge in [0.2, 0.25) is 0 Å². The van der Waals surface area contributed by atoms with E-state index in [4.69, 9.17) is 5.11 Å². The lowest BCUT2D eigenvalue weighted by Gasteiger charge is -2.14. The molecule has 9 heteroatoms. The van der Waals surface area contributed by atoms with Crippen LogP contribution < -0.4 is 10.6 Å². The Labute approximate surface area is 122 Å². The van der Waals surface area contributed by atoms with E-state index in [9.17, 15) is 19.2 Å². The Kier molecular flexibility index (Phi) is 9.31. The minimum Gasteiger partial charge on any atom is -0.480 e. The van der Waals surface area contributed by atoms with Crippen LogP contribution in [0.15, 0.2) is 0 Å². The van der Waals surface area contributed by atoms with Gasteiger partial charge in [0.25, 0.3) is 0 Å². The molecule has 0 saturated carbocycles. The number of esters is 2. The van der Waals surface area contributed by atoms with Gasteiger partial charge in [-0.3, -0.25) is 9.59 Å². The third kappa shape index (κ3) is 9.25. The molecule has 0 aliphatic carbocycles. The minimum atomic E-state index is -1.26. The first-order valence-corrected chi connectivity index (χ1v) is 6.40. The van der Waals surface area contributed by atoms with Crippen molar-refractivity contribution < 1.29 is 33.8 Å². The van der Waals surface area contributed by atoms with E-state index in [2.05, 4.69) is 20.1 Å². The number of rotatable bonds is 9. The SMILES string of the molecule is CCOC(=O)CCNC(=O)N[C@H](CCC(=O)OC)C(=O)O. The van der Waals surface area contributed by atoms with Crippen LogP contribution in [0.3, 0.4) is 0 Å². The number of hydrogen-bond acceptors (Lipinski definition) is 6. The van der Waals surface area contributed by atoms with Gasteiger partial charge in [-0.1, -0.05) is 0 Å². The van der Waals surface area contributed by atoms with Crippen molar-refractivity contribution in [3.8, 4) is 0 Å². The van der Waals surface area contributed by atoms with Crippen LogP contribution in [-0.4, -0.2) is 55.3 Å². The number of nitrogens with one attached hydrogen (secondary N) is 2. The summed E-state index contributed by atoms with van der Waals surface area (Å²) in [6.45, 7) is 1.93. The highest BCUT2D eigenvalue weighted by Gasteiger charge is 2.21. The molecule has 0 aromatic rings. The molecule has 21 heavy (non-hydrogen) atoms. The molecule has 0 aromatic carbocycles. The van der Waals surface area contributed by atoms with Gasteiger partial charge in [-0.15, -0.1) is 0 Å². The Morgan fingerprint density at radius 2 is 1.81 bits per heavy atom. The lowest BCUT2D eigenvalue weighted by molar-refractivity contribution is -0.144. The fourth-order valence-corrected chi connectivity index (χ4v) is 1.34. The molecule has 0 rings (SSSR count). The second kappa shape index (κ2) is 10.5. The molecule has 0 aliphatic heterocycles. The number of carbonyl (C=O) groups is 4. The molecule has 0 spiro atoms. The van der Waals surface area contributed by atoms with Crippen LogP contribution in [-0.2, 0) is 23.9 Å². The molecule has 0 heterocycles. The Hall–Kier alpha value is -2.32. The van der Waals surface area contributed by atoms with Crippen molar-refractivity contribution in [2.75, 3.05) is 20.3 Å². The Balaban J connectivity index is 4.09.